The molecule has 0 aliphatic heterocycles. The Morgan fingerprint density at radius 3 is 2.85 bits per heavy atom. The average molecular weight is 387 g/mol. The Hall–Kier alpha value is -2.09. The smallest absolute Gasteiger partial charge is 0.212 e. The summed E-state index contributed by atoms with van der Waals surface area (Å²) in [7, 11) is 0. The van der Waals surface area contributed by atoms with Crippen molar-refractivity contribution < 1.29 is 14.3 Å². The molecule has 0 unspecified atom stereocenters. The highest BCUT2D eigenvalue weighted by atomic mass is 32.2. The molecule has 2 saturated carbocycles. The normalized spacial score (nSPS) is 23.1. The van der Waals surface area contributed by atoms with Crippen molar-refractivity contribution in [2.45, 2.75) is 62.4 Å². The van der Waals surface area contributed by atoms with Gasteiger partial charge in [-0.15, -0.1) is 10.2 Å². The molecule has 0 saturated heterocycles. The molecule has 0 spiro atoms. The number of thioether (sulfide) groups is 1. The van der Waals surface area contributed by atoms with Crippen molar-refractivity contribution in [1.82, 2.24) is 14.9 Å². The van der Waals surface area contributed by atoms with Gasteiger partial charge in [-0.3, -0.25) is 0 Å². The van der Waals surface area contributed by atoms with Crippen LogP contribution in [0.15, 0.2) is 26.8 Å². The molecule has 27 heavy (non-hydrogen) atoms. The van der Waals surface area contributed by atoms with E-state index in [0.717, 1.165) is 36.2 Å². The molecule has 4 rings (SSSR count). The van der Waals surface area contributed by atoms with E-state index in [1.807, 2.05) is 12.1 Å². The molecule has 0 bridgehead atoms. The lowest BCUT2D eigenvalue weighted by Crippen LogP contribution is -2.24. The summed E-state index contributed by atoms with van der Waals surface area (Å²) in [6.07, 6.45) is 8.54. The Kier molecular flexibility index (Phi) is 5.33. The van der Waals surface area contributed by atoms with E-state index in [1.165, 1.54) is 25.7 Å². The minimum Gasteiger partial charge on any atom is -0.549 e. The first-order chi connectivity index (χ1) is 13.1. The number of nitrogens with zero attached hydrogens (tertiary/aromatic N) is 4. The van der Waals surface area contributed by atoms with Crippen LogP contribution < -0.4 is 5.11 Å². The molecule has 2 heterocycles. The number of hydrogen-bond donors (Lipinski definition) is 0. The maximum Gasteiger partial charge on any atom is 0.212 e. The predicted molar refractivity (Wildman–Crippen MR) is 99.8 cm³/mol. The summed E-state index contributed by atoms with van der Waals surface area (Å²) in [5.41, 5.74) is 0. The standard InChI is InChI=1S/C19H24N4O3S/c1-12-9-15(12)16-8-7-14(26-16)10-20-23-18(13-5-3-2-4-6-13)21-22-19(23)27-11-17(24)25/h7-8,10,12-13,15H,2-6,9,11H2,1H3,(H,24,25)/p-1/b20-10-/t12-,15-/m0/s1. The highest BCUT2D eigenvalue weighted by molar-refractivity contribution is 7.99. The van der Waals surface area contributed by atoms with Gasteiger partial charge < -0.3 is 14.3 Å². The zero-order valence-corrected chi connectivity index (χ0v) is 16.2. The first kappa shape index (κ1) is 18.3. The van der Waals surface area contributed by atoms with E-state index in [1.54, 1.807) is 10.9 Å². The third-order valence-electron chi connectivity index (χ3n) is 5.35. The quantitative estimate of drug-likeness (QED) is 0.535. The Bertz CT molecular complexity index is 838. The van der Waals surface area contributed by atoms with E-state index in [-0.39, 0.29) is 5.75 Å². The number of carboxylic acids is 1. The number of furan rings is 1. The zero-order valence-electron chi connectivity index (χ0n) is 15.3. The van der Waals surface area contributed by atoms with Gasteiger partial charge in [-0.1, -0.05) is 37.9 Å². The van der Waals surface area contributed by atoms with E-state index in [9.17, 15) is 9.90 Å². The molecule has 2 fully saturated rings. The molecule has 2 aromatic heterocycles. The average Bonchev–Trinajstić information content (AvgIpc) is 3.08. The molecule has 2 aromatic rings. The molecule has 0 radical (unpaired) electrons. The lowest BCUT2D eigenvalue weighted by atomic mass is 9.89. The van der Waals surface area contributed by atoms with Gasteiger partial charge in [0.25, 0.3) is 0 Å². The van der Waals surface area contributed by atoms with E-state index >= 15 is 0 Å². The van der Waals surface area contributed by atoms with E-state index in [4.69, 9.17) is 4.42 Å². The van der Waals surface area contributed by atoms with Crippen molar-refractivity contribution in [1.29, 1.82) is 0 Å². The van der Waals surface area contributed by atoms with Gasteiger partial charge in [-0.2, -0.15) is 9.78 Å². The van der Waals surface area contributed by atoms with E-state index < -0.39 is 5.97 Å². The summed E-state index contributed by atoms with van der Waals surface area (Å²) in [6, 6.07) is 3.93. The number of carboxylic acid groups (broad SMARTS) is 1. The van der Waals surface area contributed by atoms with Crippen molar-refractivity contribution in [3.8, 4) is 0 Å². The second-order valence-corrected chi connectivity index (χ2v) is 8.39. The molecule has 0 aromatic carbocycles. The molecule has 144 valence electrons. The summed E-state index contributed by atoms with van der Waals surface area (Å²) < 4.78 is 7.56. The van der Waals surface area contributed by atoms with Crippen LogP contribution in [0.4, 0.5) is 0 Å². The van der Waals surface area contributed by atoms with E-state index in [2.05, 4.69) is 22.2 Å². The number of hydrogen-bond acceptors (Lipinski definition) is 7. The van der Waals surface area contributed by atoms with Crippen LogP contribution in [0.5, 0.6) is 0 Å². The van der Waals surface area contributed by atoms with Gasteiger partial charge in [-0.05, 0) is 37.3 Å². The fourth-order valence-electron chi connectivity index (χ4n) is 3.68. The third kappa shape index (κ3) is 4.26. The van der Waals surface area contributed by atoms with Crippen LogP contribution in [-0.4, -0.2) is 32.8 Å². The van der Waals surface area contributed by atoms with Crippen LogP contribution in [-0.2, 0) is 4.79 Å². The van der Waals surface area contributed by atoms with Gasteiger partial charge in [0.15, 0.2) is 5.82 Å². The van der Waals surface area contributed by atoms with Crippen molar-refractivity contribution in [3.63, 3.8) is 0 Å². The largest absolute Gasteiger partial charge is 0.549 e. The van der Waals surface area contributed by atoms with Gasteiger partial charge in [0, 0.05) is 17.6 Å². The van der Waals surface area contributed by atoms with Gasteiger partial charge in [0.2, 0.25) is 5.16 Å². The number of rotatable bonds is 7. The maximum absolute atomic E-state index is 10.8. The zero-order chi connectivity index (χ0) is 18.8. The number of carbonyl (C=O) groups excluding carboxylic acids is 1. The van der Waals surface area contributed by atoms with Crippen molar-refractivity contribution >= 4 is 23.9 Å². The second-order valence-electron chi connectivity index (χ2n) is 7.45. The molecule has 0 amide bonds. The fraction of sp³-hybridized carbons (Fsp3) is 0.579. The summed E-state index contributed by atoms with van der Waals surface area (Å²) in [5.74, 6) is 2.69. The van der Waals surface area contributed by atoms with Crippen molar-refractivity contribution in [3.05, 3.63) is 29.5 Å². The van der Waals surface area contributed by atoms with Gasteiger partial charge >= 0.3 is 0 Å². The highest BCUT2D eigenvalue weighted by Crippen LogP contribution is 2.47. The monoisotopic (exact) mass is 387 g/mol. The van der Waals surface area contributed by atoms with Crippen LogP contribution in [0.1, 0.15) is 74.6 Å². The maximum atomic E-state index is 10.8. The van der Waals surface area contributed by atoms with Crippen LogP contribution in [0, 0.1) is 5.92 Å². The van der Waals surface area contributed by atoms with Crippen LogP contribution >= 0.6 is 11.8 Å². The first-order valence-electron chi connectivity index (χ1n) is 9.54. The van der Waals surface area contributed by atoms with Crippen molar-refractivity contribution in [2.24, 2.45) is 11.0 Å². The van der Waals surface area contributed by atoms with Crippen LogP contribution in [0.2, 0.25) is 0 Å². The topological polar surface area (TPSA) is 96.3 Å². The number of aromatic nitrogens is 3. The molecular formula is C19H23N4O3S-. The summed E-state index contributed by atoms with van der Waals surface area (Å²) in [5, 5.41) is 24.3. The Balaban J connectivity index is 1.56. The molecule has 2 aliphatic rings. The van der Waals surface area contributed by atoms with E-state index in [0.29, 0.717) is 28.7 Å². The molecule has 8 heteroatoms. The molecule has 0 N–H and O–H groups in total. The molecule has 7 nitrogen and oxygen atoms in total. The molecular weight excluding hydrogens is 364 g/mol. The Morgan fingerprint density at radius 1 is 1.37 bits per heavy atom. The lowest BCUT2D eigenvalue weighted by Gasteiger charge is -2.20. The number of carbonyl (C=O) groups is 1. The minimum atomic E-state index is -1.13. The SMILES string of the molecule is C[C@H]1C[C@@H]1c1ccc(/C=N\n2c(SCC(=O)[O-])nnc2C2CCCCC2)o1. The Morgan fingerprint density at radius 2 is 2.15 bits per heavy atom. The van der Waals surface area contributed by atoms with Gasteiger partial charge in [0.1, 0.15) is 11.5 Å². The summed E-state index contributed by atoms with van der Waals surface area (Å²) >= 11 is 1.08. The number of aliphatic carboxylic acids is 1. The van der Waals surface area contributed by atoms with Crippen LogP contribution in [0.25, 0.3) is 0 Å². The van der Waals surface area contributed by atoms with Crippen molar-refractivity contribution in [2.75, 3.05) is 5.75 Å². The van der Waals surface area contributed by atoms with Gasteiger partial charge in [0.05, 0.1) is 12.2 Å². The molecule has 2 aliphatic carbocycles. The van der Waals surface area contributed by atoms with Gasteiger partial charge in [-0.25, -0.2) is 0 Å². The summed E-state index contributed by atoms with van der Waals surface area (Å²) in [4.78, 5) is 10.8. The predicted octanol–water partition coefficient (Wildman–Crippen LogP) is 2.77. The Labute approximate surface area is 162 Å². The highest BCUT2D eigenvalue weighted by Gasteiger charge is 2.36. The fourth-order valence-corrected chi connectivity index (χ4v) is 4.29. The second kappa shape index (κ2) is 7.88. The minimum absolute atomic E-state index is 0.178. The molecule has 2 atom stereocenters. The first-order valence-corrected chi connectivity index (χ1v) is 10.5. The lowest BCUT2D eigenvalue weighted by molar-refractivity contribution is -0.301. The summed E-state index contributed by atoms with van der Waals surface area (Å²) in [6.45, 7) is 2.22. The van der Waals surface area contributed by atoms with Crippen LogP contribution in [0.3, 0.4) is 0 Å². The third-order valence-corrected chi connectivity index (χ3v) is 6.24.